The lowest BCUT2D eigenvalue weighted by Gasteiger charge is -2.23. The largest absolute Gasteiger partial charge is 0.495 e. The normalized spacial score (nSPS) is 10.3. The van der Waals surface area contributed by atoms with Crippen LogP contribution in [0.4, 0.5) is 5.69 Å². The first-order chi connectivity index (χ1) is 10.7. The highest BCUT2D eigenvalue weighted by molar-refractivity contribution is 6.14. The summed E-state index contributed by atoms with van der Waals surface area (Å²) in [4.78, 5) is 46.6. The summed E-state index contributed by atoms with van der Waals surface area (Å²) >= 11 is 0. The van der Waals surface area contributed by atoms with Gasteiger partial charge in [0.2, 0.25) is 11.8 Å². The fourth-order valence-corrected chi connectivity index (χ4v) is 2.19. The quantitative estimate of drug-likeness (QED) is 0.747. The van der Waals surface area contributed by atoms with Crippen LogP contribution in [0.2, 0.25) is 0 Å². The summed E-state index contributed by atoms with van der Waals surface area (Å²) in [5.41, 5.74) is 0.270. The molecule has 23 heavy (non-hydrogen) atoms. The van der Waals surface area contributed by atoms with Crippen molar-refractivity contribution in [2.75, 3.05) is 12.0 Å². The SMILES string of the molecule is COc1cccc(CC(C(=O)O)C(=O)O)c1N(C(C)=O)C(C)=O. The lowest BCUT2D eigenvalue weighted by Crippen LogP contribution is -2.35. The van der Waals surface area contributed by atoms with E-state index in [1.807, 2.05) is 0 Å². The van der Waals surface area contributed by atoms with E-state index < -0.39 is 36.1 Å². The summed E-state index contributed by atoms with van der Waals surface area (Å²) in [5.74, 6) is -5.74. The third-order valence-electron chi connectivity index (χ3n) is 3.18. The molecule has 0 aliphatic heterocycles. The first-order valence-corrected chi connectivity index (χ1v) is 6.63. The summed E-state index contributed by atoms with van der Waals surface area (Å²) < 4.78 is 5.13. The molecular weight excluding hydrogens is 306 g/mol. The van der Waals surface area contributed by atoms with Crippen molar-refractivity contribution in [3.8, 4) is 5.75 Å². The van der Waals surface area contributed by atoms with Gasteiger partial charge < -0.3 is 14.9 Å². The van der Waals surface area contributed by atoms with Crippen molar-refractivity contribution in [2.45, 2.75) is 20.3 Å². The molecular formula is C15H17NO7. The van der Waals surface area contributed by atoms with Gasteiger partial charge in [-0.2, -0.15) is 0 Å². The number of anilines is 1. The van der Waals surface area contributed by atoms with E-state index in [1.54, 1.807) is 0 Å². The molecule has 0 unspecified atom stereocenters. The molecule has 0 saturated carbocycles. The van der Waals surface area contributed by atoms with Crippen LogP contribution in [0.3, 0.4) is 0 Å². The second kappa shape index (κ2) is 7.39. The molecule has 8 nitrogen and oxygen atoms in total. The molecule has 0 aliphatic rings. The van der Waals surface area contributed by atoms with E-state index in [2.05, 4.69) is 0 Å². The monoisotopic (exact) mass is 323 g/mol. The van der Waals surface area contributed by atoms with Crippen molar-refractivity contribution in [2.24, 2.45) is 5.92 Å². The van der Waals surface area contributed by atoms with Crippen molar-refractivity contribution >= 4 is 29.4 Å². The fourth-order valence-electron chi connectivity index (χ4n) is 2.19. The molecule has 2 N–H and O–H groups in total. The number of carbonyl (C=O) groups is 4. The van der Waals surface area contributed by atoms with Gasteiger partial charge in [-0.1, -0.05) is 12.1 Å². The number of rotatable bonds is 6. The molecule has 0 bridgehead atoms. The molecule has 0 aromatic heterocycles. The van der Waals surface area contributed by atoms with E-state index in [0.29, 0.717) is 0 Å². The molecule has 0 saturated heterocycles. The van der Waals surface area contributed by atoms with Gasteiger partial charge in [0.25, 0.3) is 0 Å². The first kappa shape index (κ1) is 18.1. The minimum absolute atomic E-state index is 0.0579. The van der Waals surface area contributed by atoms with Crippen molar-refractivity contribution in [1.82, 2.24) is 0 Å². The Hall–Kier alpha value is -2.90. The van der Waals surface area contributed by atoms with Gasteiger partial charge in [0.1, 0.15) is 5.75 Å². The Labute approximate surface area is 132 Å². The molecule has 0 heterocycles. The summed E-state index contributed by atoms with van der Waals surface area (Å²) in [6.07, 6.45) is -0.395. The third kappa shape index (κ3) is 4.06. The van der Waals surface area contributed by atoms with E-state index in [1.165, 1.54) is 39.2 Å². The Morgan fingerprint density at radius 3 is 2.00 bits per heavy atom. The third-order valence-corrected chi connectivity index (χ3v) is 3.18. The second-order valence-electron chi connectivity index (χ2n) is 4.77. The van der Waals surface area contributed by atoms with Crippen LogP contribution in [0.1, 0.15) is 19.4 Å². The van der Waals surface area contributed by atoms with Gasteiger partial charge in [0.05, 0.1) is 12.8 Å². The number of carboxylic acid groups (broad SMARTS) is 2. The van der Waals surface area contributed by atoms with Crippen LogP contribution in [0, 0.1) is 5.92 Å². The van der Waals surface area contributed by atoms with Crippen molar-refractivity contribution < 1.29 is 34.1 Å². The summed E-state index contributed by atoms with van der Waals surface area (Å²) in [5, 5.41) is 18.0. The standard InChI is InChI=1S/C15H17NO7/c1-8(17)16(9(2)18)13-10(5-4-6-12(13)23-3)7-11(14(19)20)15(21)22/h4-6,11H,7H2,1-3H3,(H,19,20)(H,21,22). The number of carbonyl (C=O) groups excluding carboxylic acids is 2. The van der Waals surface area contributed by atoms with E-state index in [9.17, 15) is 19.2 Å². The van der Waals surface area contributed by atoms with Crippen LogP contribution in [0.25, 0.3) is 0 Å². The maximum absolute atomic E-state index is 11.8. The van der Waals surface area contributed by atoms with Gasteiger partial charge in [-0.3, -0.25) is 19.2 Å². The number of imide groups is 1. The molecule has 2 amide bonds. The molecule has 124 valence electrons. The van der Waals surface area contributed by atoms with Crippen molar-refractivity contribution in [3.05, 3.63) is 23.8 Å². The second-order valence-corrected chi connectivity index (χ2v) is 4.77. The number of ether oxygens (including phenoxy) is 1. The number of amides is 2. The summed E-state index contributed by atoms with van der Waals surface area (Å²) in [6, 6.07) is 4.47. The zero-order valence-electron chi connectivity index (χ0n) is 12.9. The molecule has 1 rings (SSSR count). The zero-order chi connectivity index (χ0) is 17.7. The van der Waals surface area contributed by atoms with Crippen LogP contribution in [-0.4, -0.2) is 41.1 Å². The number of hydrogen-bond acceptors (Lipinski definition) is 5. The number of nitrogens with zero attached hydrogens (tertiary/aromatic N) is 1. The number of aliphatic carboxylic acids is 2. The Kier molecular flexibility index (Phi) is 5.83. The Balaban J connectivity index is 3.49. The van der Waals surface area contributed by atoms with Gasteiger partial charge in [-0.15, -0.1) is 0 Å². The minimum atomic E-state index is -1.71. The maximum Gasteiger partial charge on any atom is 0.318 e. The van der Waals surface area contributed by atoms with Gasteiger partial charge in [0, 0.05) is 13.8 Å². The molecule has 0 radical (unpaired) electrons. The smallest absolute Gasteiger partial charge is 0.318 e. The van der Waals surface area contributed by atoms with Crippen LogP contribution in [-0.2, 0) is 25.6 Å². The average Bonchev–Trinajstić information content (AvgIpc) is 2.44. The average molecular weight is 323 g/mol. The number of para-hydroxylation sites is 1. The Bertz CT molecular complexity index is 625. The fraction of sp³-hybridized carbons (Fsp3) is 0.333. The molecule has 8 heteroatoms. The Morgan fingerprint density at radius 2 is 1.61 bits per heavy atom. The predicted octanol–water partition coefficient (Wildman–Crippen LogP) is 0.922. The van der Waals surface area contributed by atoms with E-state index >= 15 is 0 Å². The van der Waals surface area contributed by atoms with E-state index in [4.69, 9.17) is 14.9 Å². The van der Waals surface area contributed by atoms with Crippen molar-refractivity contribution in [1.29, 1.82) is 0 Å². The first-order valence-electron chi connectivity index (χ1n) is 6.63. The molecule has 1 aromatic rings. The zero-order valence-corrected chi connectivity index (χ0v) is 12.9. The molecule has 0 spiro atoms. The Morgan fingerprint density at radius 1 is 1.09 bits per heavy atom. The van der Waals surface area contributed by atoms with Crippen LogP contribution in [0.5, 0.6) is 5.75 Å². The van der Waals surface area contributed by atoms with Crippen LogP contribution in [0.15, 0.2) is 18.2 Å². The predicted molar refractivity (Wildman–Crippen MR) is 79.3 cm³/mol. The van der Waals surface area contributed by atoms with E-state index in [-0.39, 0.29) is 17.0 Å². The molecule has 0 fully saturated rings. The van der Waals surface area contributed by atoms with E-state index in [0.717, 1.165) is 4.90 Å². The number of methoxy groups -OCH3 is 1. The number of hydrogen-bond donors (Lipinski definition) is 2. The molecule has 0 aliphatic carbocycles. The van der Waals surface area contributed by atoms with Crippen molar-refractivity contribution in [3.63, 3.8) is 0 Å². The number of carboxylic acids is 2. The highest BCUT2D eigenvalue weighted by Crippen LogP contribution is 2.34. The van der Waals surface area contributed by atoms with Gasteiger partial charge in [-0.05, 0) is 18.1 Å². The summed E-state index contributed by atoms with van der Waals surface area (Å²) in [6.45, 7) is 2.34. The van der Waals surface area contributed by atoms with Gasteiger partial charge in [-0.25, -0.2) is 4.90 Å². The molecule has 1 aromatic carbocycles. The van der Waals surface area contributed by atoms with Crippen LogP contribution < -0.4 is 9.64 Å². The highest BCUT2D eigenvalue weighted by Gasteiger charge is 2.30. The summed E-state index contributed by atoms with van der Waals surface area (Å²) in [7, 11) is 1.33. The van der Waals surface area contributed by atoms with Gasteiger partial charge in [0.15, 0.2) is 5.92 Å². The highest BCUT2D eigenvalue weighted by atomic mass is 16.5. The number of benzene rings is 1. The lowest BCUT2D eigenvalue weighted by atomic mass is 9.97. The lowest BCUT2D eigenvalue weighted by molar-refractivity contribution is -0.154. The molecule has 0 atom stereocenters. The van der Waals surface area contributed by atoms with Gasteiger partial charge >= 0.3 is 11.9 Å². The minimum Gasteiger partial charge on any atom is -0.495 e. The topological polar surface area (TPSA) is 121 Å². The maximum atomic E-state index is 11.8. The van der Waals surface area contributed by atoms with Crippen LogP contribution >= 0.6 is 0 Å².